The molecule has 0 spiro atoms. The summed E-state index contributed by atoms with van der Waals surface area (Å²) >= 11 is 0. The molecule has 1 saturated carbocycles. The highest BCUT2D eigenvalue weighted by Gasteiger charge is 2.34. The molecule has 3 rings (SSSR count). The molecule has 1 N–H and O–H groups in total. The van der Waals surface area contributed by atoms with E-state index in [0.717, 1.165) is 45.1 Å². The topological polar surface area (TPSA) is 41.6 Å². The Bertz CT molecular complexity index is 611. The summed E-state index contributed by atoms with van der Waals surface area (Å²) in [6.07, 6.45) is 4.38. The van der Waals surface area contributed by atoms with Crippen LogP contribution in [0.1, 0.15) is 65.0 Å². The Kier molecular flexibility index (Phi) is 7.16. The summed E-state index contributed by atoms with van der Waals surface area (Å²) in [5, 5.41) is 3.38. The van der Waals surface area contributed by atoms with Crippen molar-refractivity contribution in [3.05, 3.63) is 35.9 Å². The Morgan fingerprint density at radius 1 is 1.07 bits per heavy atom. The van der Waals surface area contributed by atoms with Crippen molar-refractivity contribution in [3.63, 3.8) is 0 Å². The SMILES string of the molecule is C[C@H](NC(=O)C1CCC(C(C)(C)C)CC1)[C@H](c1ccccc1)N1CCOCC1. The van der Waals surface area contributed by atoms with Crippen LogP contribution in [0.15, 0.2) is 30.3 Å². The van der Waals surface area contributed by atoms with Crippen LogP contribution in [0.2, 0.25) is 0 Å². The molecule has 156 valence electrons. The Morgan fingerprint density at radius 2 is 1.68 bits per heavy atom. The second-order valence-electron chi connectivity index (χ2n) is 9.72. The highest BCUT2D eigenvalue weighted by atomic mass is 16.5. The zero-order valence-corrected chi connectivity index (χ0v) is 18.1. The van der Waals surface area contributed by atoms with Crippen molar-refractivity contribution in [2.75, 3.05) is 26.3 Å². The normalized spacial score (nSPS) is 26.4. The first kappa shape index (κ1) is 21.3. The number of morpholine rings is 1. The average molecular weight is 387 g/mol. The average Bonchev–Trinajstić information content (AvgIpc) is 2.69. The minimum atomic E-state index is 0.0772. The Hall–Kier alpha value is -1.39. The molecular weight excluding hydrogens is 348 g/mol. The summed E-state index contributed by atoms with van der Waals surface area (Å²) in [7, 11) is 0. The maximum atomic E-state index is 13.0. The number of ether oxygens (including phenoxy) is 1. The van der Waals surface area contributed by atoms with E-state index in [1.165, 1.54) is 18.4 Å². The van der Waals surface area contributed by atoms with Gasteiger partial charge in [0.1, 0.15) is 0 Å². The van der Waals surface area contributed by atoms with Crippen molar-refractivity contribution in [1.29, 1.82) is 0 Å². The van der Waals surface area contributed by atoms with Gasteiger partial charge in [-0.3, -0.25) is 9.69 Å². The lowest BCUT2D eigenvalue weighted by Crippen LogP contribution is -2.49. The minimum absolute atomic E-state index is 0.0772. The molecule has 1 saturated heterocycles. The van der Waals surface area contributed by atoms with Gasteiger partial charge in [-0.05, 0) is 49.5 Å². The van der Waals surface area contributed by atoms with E-state index in [-0.39, 0.29) is 23.9 Å². The van der Waals surface area contributed by atoms with Gasteiger partial charge in [-0.1, -0.05) is 51.1 Å². The fraction of sp³-hybridized carbons (Fsp3) is 0.708. The van der Waals surface area contributed by atoms with Gasteiger partial charge in [0.25, 0.3) is 0 Å². The van der Waals surface area contributed by atoms with Gasteiger partial charge in [-0.2, -0.15) is 0 Å². The predicted molar refractivity (Wildman–Crippen MR) is 114 cm³/mol. The molecule has 2 fully saturated rings. The van der Waals surface area contributed by atoms with Crippen molar-refractivity contribution >= 4 is 5.91 Å². The largest absolute Gasteiger partial charge is 0.379 e. The smallest absolute Gasteiger partial charge is 0.223 e. The van der Waals surface area contributed by atoms with Crippen LogP contribution in [-0.4, -0.2) is 43.2 Å². The second kappa shape index (κ2) is 9.41. The summed E-state index contributed by atoms with van der Waals surface area (Å²) in [6.45, 7) is 12.5. The number of hydrogen-bond acceptors (Lipinski definition) is 3. The minimum Gasteiger partial charge on any atom is -0.379 e. The number of carbonyl (C=O) groups is 1. The van der Waals surface area contributed by atoms with Gasteiger partial charge in [0.2, 0.25) is 5.91 Å². The van der Waals surface area contributed by atoms with Crippen LogP contribution in [0, 0.1) is 17.3 Å². The van der Waals surface area contributed by atoms with E-state index < -0.39 is 0 Å². The number of carbonyl (C=O) groups excluding carboxylic acids is 1. The van der Waals surface area contributed by atoms with E-state index in [4.69, 9.17) is 4.74 Å². The first-order chi connectivity index (χ1) is 13.4. The number of benzene rings is 1. The van der Waals surface area contributed by atoms with E-state index in [0.29, 0.717) is 5.41 Å². The van der Waals surface area contributed by atoms with Crippen molar-refractivity contribution in [2.24, 2.45) is 17.3 Å². The van der Waals surface area contributed by atoms with Crippen molar-refractivity contribution in [1.82, 2.24) is 10.2 Å². The van der Waals surface area contributed by atoms with Crippen LogP contribution >= 0.6 is 0 Å². The first-order valence-corrected chi connectivity index (χ1v) is 11.0. The molecule has 1 aromatic rings. The van der Waals surface area contributed by atoms with E-state index in [9.17, 15) is 4.79 Å². The summed E-state index contributed by atoms with van der Waals surface area (Å²) in [4.78, 5) is 15.5. The molecule has 1 aliphatic heterocycles. The lowest BCUT2D eigenvalue weighted by atomic mass is 9.69. The molecule has 2 aliphatic rings. The third-order valence-corrected chi connectivity index (χ3v) is 6.75. The fourth-order valence-corrected chi connectivity index (χ4v) is 4.96. The van der Waals surface area contributed by atoms with Gasteiger partial charge in [0.15, 0.2) is 0 Å². The van der Waals surface area contributed by atoms with Crippen molar-refractivity contribution in [2.45, 2.75) is 65.5 Å². The van der Waals surface area contributed by atoms with Crippen molar-refractivity contribution in [3.8, 4) is 0 Å². The standard InChI is InChI=1S/C24H38N2O2/c1-18(25-23(27)20-10-12-21(13-11-20)24(2,3)4)22(19-8-6-5-7-9-19)26-14-16-28-17-15-26/h5-9,18,20-22H,10-17H2,1-4H3,(H,25,27)/t18-,20?,21?,22+/m0/s1. The van der Waals surface area contributed by atoms with Gasteiger partial charge < -0.3 is 10.1 Å². The van der Waals surface area contributed by atoms with Gasteiger partial charge in [0, 0.05) is 25.0 Å². The first-order valence-electron chi connectivity index (χ1n) is 11.0. The Morgan fingerprint density at radius 3 is 2.25 bits per heavy atom. The van der Waals surface area contributed by atoms with Gasteiger partial charge in [-0.15, -0.1) is 0 Å². The molecule has 1 amide bonds. The monoisotopic (exact) mass is 386 g/mol. The molecule has 0 bridgehead atoms. The molecule has 0 unspecified atom stereocenters. The molecule has 4 heteroatoms. The molecule has 1 aromatic carbocycles. The highest BCUT2D eigenvalue weighted by molar-refractivity contribution is 5.79. The fourth-order valence-electron chi connectivity index (χ4n) is 4.96. The van der Waals surface area contributed by atoms with Gasteiger partial charge in [-0.25, -0.2) is 0 Å². The van der Waals surface area contributed by atoms with Gasteiger partial charge in [0.05, 0.1) is 19.3 Å². The number of amides is 1. The zero-order chi connectivity index (χ0) is 20.1. The molecule has 1 heterocycles. The molecular formula is C24H38N2O2. The van der Waals surface area contributed by atoms with E-state index in [2.05, 4.69) is 68.2 Å². The quantitative estimate of drug-likeness (QED) is 0.815. The molecule has 0 aromatic heterocycles. The summed E-state index contributed by atoms with van der Waals surface area (Å²) in [6, 6.07) is 10.9. The lowest BCUT2D eigenvalue weighted by Gasteiger charge is -2.40. The lowest BCUT2D eigenvalue weighted by molar-refractivity contribution is -0.127. The predicted octanol–water partition coefficient (Wildman–Crippen LogP) is 4.42. The maximum Gasteiger partial charge on any atom is 0.223 e. The number of hydrogen-bond donors (Lipinski definition) is 1. The summed E-state index contributed by atoms with van der Waals surface area (Å²) < 4.78 is 5.55. The Labute approximate surface area is 171 Å². The van der Waals surface area contributed by atoms with Crippen LogP contribution in [-0.2, 0) is 9.53 Å². The van der Waals surface area contributed by atoms with Crippen LogP contribution in [0.4, 0.5) is 0 Å². The summed E-state index contributed by atoms with van der Waals surface area (Å²) in [5.41, 5.74) is 1.62. The molecule has 4 nitrogen and oxygen atoms in total. The Balaban J connectivity index is 1.63. The van der Waals surface area contributed by atoms with Crippen LogP contribution in [0.3, 0.4) is 0 Å². The number of nitrogens with zero attached hydrogens (tertiary/aromatic N) is 1. The zero-order valence-electron chi connectivity index (χ0n) is 18.1. The van der Waals surface area contributed by atoms with Gasteiger partial charge >= 0.3 is 0 Å². The summed E-state index contributed by atoms with van der Waals surface area (Å²) in [5.74, 6) is 1.15. The number of nitrogens with one attached hydrogen (secondary N) is 1. The highest BCUT2D eigenvalue weighted by Crippen LogP contribution is 2.40. The molecule has 28 heavy (non-hydrogen) atoms. The van der Waals surface area contributed by atoms with E-state index in [1.54, 1.807) is 0 Å². The third kappa shape index (κ3) is 5.36. The third-order valence-electron chi connectivity index (χ3n) is 6.75. The van der Waals surface area contributed by atoms with E-state index in [1.807, 2.05) is 0 Å². The van der Waals surface area contributed by atoms with Crippen LogP contribution in [0.5, 0.6) is 0 Å². The second-order valence-corrected chi connectivity index (χ2v) is 9.72. The van der Waals surface area contributed by atoms with Crippen molar-refractivity contribution < 1.29 is 9.53 Å². The molecule has 0 radical (unpaired) electrons. The van der Waals surface area contributed by atoms with Crippen LogP contribution < -0.4 is 5.32 Å². The maximum absolute atomic E-state index is 13.0. The van der Waals surface area contributed by atoms with Crippen LogP contribution in [0.25, 0.3) is 0 Å². The van der Waals surface area contributed by atoms with E-state index >= 15 is 0 Å². The number of rotatable bonds is 5. The molecule has 1 aliphatic carbocycles. The molecule has 2 atom stereocenters.